The summed E-state index contributed by atoms with van der Waals surface area (Å²) in [6.07, 6.45) is -1.39. The first-order valence-corrected chi connectivity index (χ1v) is 9.83. The summed E-state index contributed by atoms with van der Waals surface area (Å²) in [5, 5.41) is 49.7. The summed E-state index contributed by atoms with van der Waals surface area (Å²) in [5.74, 6) is -0.902. The molecule has 15 heteroatoms. The molecule has 5 N–H and O–H groups in total. The molecule has 5 atom stereocenters. The minimum Gasteiger partial charge on any atom is -0.476 e. The van der Waals surface area contributed by atoms with Crippen molar-refractivity contribution in [3.63, 3.8) is 0 Å². The average molecular weight is 448 g/mol. The molecule has 2 saturated heterocycles. The number of carbonyl (C=O) groups is 1. The quantitative estimate of drug-likeness (QED) is 0.275. The van der Waals surface area contributed by atoms with Gasteiger partial charge in [0.1, 0.15) is 18.3 Å². The molecule has 2 fully saturated rings. The molecule has 3 aromatic heterocycles. The Balaban J connectivity index is 1.61. The maximum Gasteiger partial charge on any atom is 0.358 e. The zero-order chi connectivity index (χ0) is 22.4. The second kappa shape index (κ2) is 8.03. The van der Waals surface area contributed by atoms with Crippen molar-refractivity contribution in [3.8, 4) is 5.95 Å². The molecule has 2 aliphatic rings. The smallest absolute Gasteiger partial charge is 0.358 e. The Morgan fingerprint density at radius 3 is 2.78 bits per heavy atom. The summed E-state index contributed by atoms with van der Waals surface area (Å²) in [5.41, 5.74) is 0.306. The number of aromatic carboxylic acids is 1. The van der Waals surface area contributed by atoms with E-state index in [0.717, 1.165) is 11.1 Å². The number of aliphatic hydroxyl groups excluding tert-OH is 3. The van der Waals surface area contributed by atoms with E-state index in [9.17, 15) is 20.1 Å². The minimum absolute atomic E-state index is 0.00686. The van der Waals surface area contributed by atoms with Crippen LogP contribution in [0.2, 0.25) is 0 Å². The lowest BCUT2D eigenvalue weighted by Crippen LogP contribution is -2.33. The van der Waals surface area contributed by atoms with Gasteiger partial charge in [0.15, 0.2) is 28.9 Å². The number of hydrogen-bond acceptors (Lipinski definition) is 12. The molecule has 0 amide bonds. The highest BCUT2D eigenvalue weighted by Crippen LogP contribution is 2.33. The molecule has 15 nitrogen and oxygen atoms in total. The van der Waals surface area contributed by atoms with Crippen LogP contribution in [0.4, 0.5) is 5.82 Å². The van der Waals surface area contributed by atoms with Crippen LogP contribution in [0.15, 0.2) is 12.5 Å². The molecule has 2 aliphatic heterocycles. The molecule has 0 spiro atoms. The van der Waals surface area contributed by atoms with Crippen molar-refractivity contribution in [1.82, 2.24) is 34.5 Å². The second-order valence-electron chi connectivity index (χ2n) is 7.48. The van der Waals surface area contributed by atoms with Crippen molar-refractivity contribution in [1.29, 1.82) is 0 Å². The lowest BCUT2D eigenvalue weighted by Gasteiger charge is -2.17. The van der Waals surface area contributed by atoms with Crippen molar-refractivity contribution in [2.75, 3.05) is 25.1 Å². The fourth-order valence-corrected chi connectivity index (χ4v) is 3.71. The van der Waals surface area contributed by atoms with Crippen molar-refractivity contribution >= 4 is 23.0 Å². The summed E-state index contributed by atoms with van der Waals surface area (Å²) in [6, 6.07) is -0.0228. The monoisotopic (exact) mass is 448 g/mol. The van der Waals surface area contributed by atoms with Gasteiger partial charge in [0, 0.05) is 6.61 Å². The first kappa shape index (κ1) is 20.7. The van der Waals surface area contributed by atoms with Crippen LogP contribution < -0.4 is 5.32 Å². The van der Waals surface area contributed by atoms with E-state index in [1.54, 1.807) is 0 Å². The van der Waals surface area contributed by atoms with Gasteiger partial charge in [-0.15, -0.1) is 5.10 Å². The van der Waals surface area contributed by atoms with E-state index in [0.29, 0.717) is 24.5 Å². The van der Waals surface area contributed by atoms with Gasteiger partial charge in [-0.1, -0.05) is 5.21 Å². The number of rotatable bonds is 6. The number of nitrogens with zero attached hydrogens (tertiary/aromatic N) is 7. The van der Waals surface area contributed by atoms with Crippen LogP contribution in [0.5, 0.6) is 0 Å². The molecule has 5 rings (SSSR count). The van der Waals surface area contributed by atoms with Gasteiger partial charge < -0.3 is 35.2 Å². The molecule has 32 heavy (non-hydrogen) atoms. The molecular formula is C17H20N8O7. The predicted molar refractivity (Wildman–Crippen MR) is 103 cm³/mol. The van der Waals surface area contributed by atoms with Crippen LogP contribution in [0.25, 0.3) is 17.1 Å². The summed E-state index contributed by atoms with van der Waals surface area (Å²) in [6.45, 7) is 0.594. The summed E-state index contributed by atoms with van der Waals surface area (Å²) >= 11 is 0. The lowest BCUT2D eigenvalue weighted by molar-refractivity contribution is -0.0511. The topological polar surface area (TPSA) is 203 Å². The normalized spacial score (nSPS) is 27.9. The second-order valence-corrected chi connectivity index (χ2v) is 7.48. The van der Waals surface area contributed by atoms with Crippen molar-refractivity contribution in [2.24, 2.45) is 0 Å². The standard InChI is InChI=1S/C17H20N8O7/c26-4-9-11(27)12(28)15(32-9)24-6-18-10-13(19-7-1-2-31-5-7)20-17(21-14(10)24)25-3-8(16(29)30)22-23-25/h3,6-7,9,11-12,15,26-28H,1-2,4-5H2,(H,29,30)(H,19,20,21)/t7-,9?,11?,12?,15?/m1/s1. The average Bonchev–Trinajstić information content (AvgIpc) is 3.56. The first-order chi connectivity index (χ1) is 15.5. The van der Waals surface area contributed by atoms with Gasteiger partial charge in [0.2, 0.25) is 0 Å². The highest BCUT2D eigenvalue weighted by molar-refractivity contribution is 5.85. The van der Waals surface area contributed by atoms with Gasteiger partial charge >= 0.3 is 5.97 Å². The number of ether oxygens (including phenoxy) is 2. The van der Waals surface area contributed by atoms with Gasteiger partial charge in [-0.25, -0.2) is 9.78 Å². The zero-order valence-electron chi connectivity index (χ0n) is 16.5. The molecule has 5 heterocycles. The molecule has 170 valence electrons. The fraction of sp³-hybridized carbons (Fsp3) is 0.529. The number of anilines is 1. The first-order valence-electron chi connectivity index (χ1n) is 9.83. The molecule has 3 aromatic rings. The number of imidazole rings is 1. The molecule has 4 unspecified atom stereocenters. The lowest BCUT2D eigenvalue weighted by atomic mass is 10.1. The van der Waals surface area contributed by atoms with E-state index >= 15 is 0 Å². The van der Waals surface area contributed by atoms with E-state index in [1.807, 2.05) is 0 Å². The Kier molecular flexibility index (Phi) is 5.18. The summed E-state index contributed by atoms with van der Waals surface area (Å²) in [7, 11) is 0. The third-order valence-corrected chi connectivity index (χ3v) is 5.39. The molecule has 0 aromatic carbocycles. The molecule has 0 radical (unpaired) electrons. The van der Waals surface area contributed by atoms with Crippen LogP contribution in [-0.4, -0.2) is 105 Å². The highest BCUT2D eigenvalue weighted by Gasteiger charge is 2.44. The maximum atomic E-state index is 11.2. The Morgan fingerprint density at radius 2 is 2.12 bits per heavy atom. The van der Waals surface area contributed by atoms with Crippen LogP contribution in [0.1, 0.15) is 23.1 Å². The Hall–Kier alpha value is -3.24. The summed E-state index contributed by atoms with van der Waals surface area (Å²) < 4.78 is 13.5. The van der Waals surface area contributed by atoms with Gasteiger partial charge in [-0.3, -0.25) is 4.57 Å². The van der Waals surface area contributed by atoms with Crippen molar-refractivity contribution < 1.29 is 34.7 Å². The van der Waals surface area contributed by atoms with Crippen molar-refractivity contribution in [3.05, 3.63) is 18.2 Å². The van der Waals surface area contributed by atoms with Crippen LogP contribution in [0.3, 0.4) is 0 Å². The maximum absolute atomic E-state index is 11.2. The van der Waals surface area contributed by atoms with Gasteiger partial charge in [-0.05, 0) is 6.42 Å². The van der Waals surface area contributed by atoms with Gasteiger partial charge in [-0.2, -0.15) is 14.6 Å². The Morgan fingerprint density at radius 1 is 1.28 bits per heavy atom. The third-order valence-electron chi connectivity index (χ3n) is 5.39. The number of fused-ring (bicyclic) bond motifs is 1. The molecule has 0 bridgehead atoms. The van der Waals surface area contributed by atoms with E-state index in [1.165, 1.54) is 17.1 Å². The fourth-order valence-electron chi connectivity index (χ4n) is 3.71. The highest BCUT2D eigenvalue weighted by atomic mass is 16.6. The predicted octanol–water partition coefficient (Wildman–Crippen LogP) is -2.08. The molecular weight excluding hydrogens is 428 g/mol. The molecule has 0 saturated carbocycles. The number of carboxylic acids is 1. The third kappa shape index (κ3) is 3.45. The van der Waals surface area contributed by atoms with Crippen LogP contribution in [0, 0.1) is 0 Å². The van der Waals surface area contributed by atoms with Gasteiger partial charge in [0.05, 0.1) is 31.8 Å². The number of hydrogen-bond donors (Lipinski definition) is 5. The largest absolute Gasteiger partial charge is 0.476 e. The number of carboxylic acid groups (broad SMARTS) is 1. The Labute approximate surface area is 179 Å². The van der Waals surface area contributed by atoms with Crippen LogP contribution in [-0.2, 0) is 9.47 Å². The van der Waals surface area contributed by atoms with E-state index in [4.69, 9.17) is 14.6 Å². The molecule has 0 aliphatic carbocycles. The van der Waals surface area contributed by atoms with Crippen LogP contribution >= 0.6 is 0 Å². The van der Waals surface area contributed by atoms with E-state index in [2.05, 4.69) is 30.6 Å². The number of aliphatic hydroxyl groups is 3. The van der Waals surface area contributed by atoms with Crippen molar-refractivity contribution in [2.45, 2.75) is 37.0 Å². The number of aromatic nitrogens is 7. The Bertz CT molecular complexity index is 1140. The van der Waals surface area contributed by atoms with Gasteiger partial charge in [0.25, 0.3) is 5.95 Å². The summed E-state index contributed by atoms with van der Waals surface area (Å²) in [4.78, 5) is 24.4. The van der Waals surface area contributed by atoms with E-state index < -0.39 is 37.1 Å². The van der Waals surface area contributed by atoms with E-state index in [-0.39, 0.29) is 23.3 Å². The minimum atomic E-state index is -1.34. The number of nitrogens with one attached hydrogen (secondary N) is 1. The zero-order valence-corrected chi connectivity index (χ0v) is 16.5. The SMILES string of the molecule is O=C(O)c1cn(-c2nc(N[C@@H]3CCOC3)c3ncn(C4OC(CO)C(O)C4O)c3n2)nn1.